The third-order valence-corrected chi connectivity index (χ3v) is 3.18. The van der Waals surface area contributed by atoms with E-state index in [2.05, 4.69) is 9.97 Å². The second-order valence-electron chi connectivity index (χ2n) is 4.59. The number of carbonyl (C=O) groups excluding carboxylic acids is 1. The van der Waals surface area contributed by atoms with Crippen LogP contribution in [0.4, 0.5) is 0 Å². The summed E-state index contributed by atoms with van der Waals surface area (Å²) in [4.78, 5) is 32.7. The van der Waals surface area contributed by atoms with E-state index in [1.165, 1.54) is 15.5 Å². The van der Waals surface area contributed by atoms with Crippen LogP contribution in [0.15, 0.2) is 47.8 Å². The van der Waals surface area contributed by atoms with Crippen molar-refractivity contribution in [1.82, 2.24) is 19.1 Å². The van der Waals surface area contributed by atoms with E-state index in [4.69, 9.17) is 4.74 Å². The zero-order chi connectivity index (χ0) is 15.5. The van der Waals surface area contributed by atoms with Gasteiger partial charge < -0.3 is 4.74 Å². The summed E-state index contributed by atoms with van der Waals surface area (Å²) in [6, 6.07) is 7.16. The van der Waals surface area contributed by atoms with Crippen LogP contribution in [0, 0.1) is 0 Å². The summed E-state index contributed by atoms with van der Waals surface area (Å²) in [5.74, 6) is -0.266. The molecule has 0 N–H and O–H groups in total. The molecule has 7 heteroatoms. The molecule has 2 heterocycles. The van der Waals surface area contributed by atoms with Gasteiger partial charge >= 0.3 is 5.97 Å². The Morgan fingerprint density at radius 1 is 1.32 bits per heavy atom. The number of para-hydroxylation sites is 2. The monoisotopic (exact) mass is 298 g/mol. The van der Waals surface area contributed by atoms with Gasteiger partial charge in [0.2, 0.25) is 5.82 Å². The van der Waals surface area contributed by atoms with Gasteiger partial charge in [-0.25, -0.2) is 9.97 Å². The van der Waals surface area contributed by atoms with E-state index in [9.17, 15) is 9.59 Å². The van der Waals surface area contributed by atoms with Crippen LogP contribution in [0.25, 0.3) is 16.9 Å². The number of aromatic nitrogens is 4. The molecule has 0 saturated heterocycles. The number of carbonyl (C=O) groups is 1. The average molecular weight is 298 g/mol. The first-order valence-corrected chi connectivity index (χ1v) is 6.84. The fourth-order valence-corrected chi connectivity index (χ4v) is 2.22. The summed E-state index contributed by atoms with van der Waals surface area (Å²) in [7, 11) is 0. The zero-order valence-corrected chi connectivity index (χ0v) is 12.0. The van der Waals surface area contributed by atoms with Crippen molar-refractivity contribution in [1.29, 1.82) is 0 Å². The maximum absolute atomic E-state index is 12.7. The van der Waals surface area contributed by atoms with Crippen molar-refractivity contribution in [2.24, 2.45) is 0 Å². The van der Waals surface area contributed by atoms with Gasteiger partial charge in [-0.3, -0.25) is 18.7 Å². The number of nitrogens with zero attached hydrogens (tertiary/aromatic N) is 4. The van der Waals surface area contributed by atoms with Crippen LogP contribution in [0.2, 0.25) is 0 Å². The van der Waals surface area contributed by atoms with Crippen molar-refractivity contribution in [3.8, 4) is 5.82 Å². The molecular weight excluding hydrogens is 284 g/mol. The Kier molecular flexibility index (Phi) is 3.69. The Bertz CT molecular complexity index is 868. The van der Waals surface area contributed by atoms with Crippen LogP contribution in [0.3, 0.4) is 0 Å². The lowest BCUT2D eigenvalue weighted by Crippen LogP contribution is -2.29. The Hall–Kier alpha value is -2.96. The van der Waals surface area contributed by atoms with Crippen molar-refractivity contribution in [3.05, 3.63) is 53.3 Å². The van der Waals surface area contributed by atoms with Gasteiger partial charge in [0.25, 0.3) is 5.56 Å². The first kappa shape index (κ1) is 14.0. The lowest BCUT2D eigenvalue weighted by Gasteiger charge is -2.11. The minimum absolute atomic E-state index is 0.155. The van der Waals surface area contributed by atoms with Crippen LogP contribution in [-0.2, 0) is 16.1 Å². The molecule has 2 aromatic heterocycles. The fraction of sp³-hybridized carbons (Fsp3) is 0.200. The quantitative estimate of drug-likeness (QED) is 0.675. The molecule has 0 fully saturated rings. The number of esters is 1. The van der Waals surface area contributed by atoms with Gasteiger partial charge in [-0.05, 0) is 19.1 Å². The van der Waals surface area contributed by atoms with Gasteiger partial charge in [-0.1, -0.05) is 12.1 Å². The predicted molar refractivity (Wildman–Crippen MR) is 79.8 cm³/mol. The van der Waals surface area contributed by atoms with Crippen LogP contribution >= 0.6 is 0 Å². The number of hydrogen-bond donors (Lipinski definition) is 0. The summed E-state index contributed by atoms with van der Waals surface area (Å²) in [6.07, 6.45) is 4.69. The van der Waals surface area contributed by atoms with E-state index in [1.54, 1.807) is 37.5 Å². The molecule has 0 spiro atoms. The first-order chi connectivity index (χ1) is 10.7. The second kappa shape index (κ2) is 5.80. The number of fused-ring (bicyclic) bond motifs is 1. The van der Waals surface area contributed by atoms with E-state index in [0.29, 0.717) is 11.0 Å². The Balaban J connectivity index is 2.21. The molecule has 0 aliphatic heterocycles. The van der Waals surface area contributed by atoms with Crippen LogP contribution < -0.4 is 5.56 Å². The second-order valence-corrected chi connectivity index (χ2v) is 4.59. The predicted octanol–water partition coefficient (Wildman–Crippen LogP) is 1.15. The molecule has 1 aromatic carbocycles. The molecule has 0 atom stereocenters. The third kappa shape index (κ3) is 2.48. The molecule has 3 aromatic rings. The van der Waals surface area contributed by atoms with Gasteiger partial charge in [0.1, 0.15) is 12.9 Å². The number of rotatable bonds is 4. The van der Waals surface area contributed by atoms with E-state index < -0.39 is 5.97 Å². The molecule has 0 bridgehead atoms. The van der Waals surface area contributed by atoms with Crippen molar-refractivity contribution < 1.29 is 9.53 Å². The highest BCUT2D eigenvalue weighted by Gasteiger charge is 2.15. The molecule has 0 amide bonds. The first-order valence-electron chi connectivity index (χ1n) is 6.84. The Morgan fingerprint density at radius 3 is 2.86 bits per heavy atom. The fourth-order valence-electron chi connectivity index (χ4n) is 2.22. The summed E-state index contributed by atoms with van der Waals surface area (Å²) >= 11 is 0. The van der Waals surface area contributed by atoms with Crippen molar-refractivity contribution in [3.63, 3.8) is 0 Å². The summed E-state index contributed by atoms with van der Waals surface area (Å²) < 4.78 is 7.84. The minimum atomic E-state index is -0.461. The molecule has 3 rings (SSSR count). The number of ether oxygens (including phenoxy) is 1. The van der Waals surface area contributed by atoms with Gasteiger partial charge in [-0.2, -0.15) is 0 Å². The number of hydrogen-bond acceptors (Lipinski definition) is 5. The van der Waals surface area contributed by atoms with Gasteiger partial charge in [0, 0.05) is 12.4 Å². The zero-order valence-electron chi connectivity index (χ0n) is 12.0. The number of imidazole rings is 1. The summed E-state index contributed by atoms with van der Waals surface area (Å²) in [5.41, 5.74) is 0.837. The lowest BCUT2D eigenvalue weighted by molar-refractivity contribution is -0.143. The molecule has 22 heavy (non-hydrogen) atoms. The maximum Gasteiger partial charge on any atom is 0.326 e. The number of benzene rings is 1. The van der Waals surface area contributed by atoms with Crippen molar-refractivity contribution in [2.45, 2.75) is 13.5 Å². The maximum atomic E-state index is 12.7. The normalized spacial score (nSPS) is 10.8. The SMILES string of the molecule is CCOC(=O)Cn1c(=O)c(-n2ccnc2)nc2ccccc21. The summed E-state index contributed by atoms with van der Waals surface area (Å²) in [5, 5.41) is 0. The standard InChI is InChI=1S/C15H14N4O3/c1-2-22-13(20)9-19-12-6-4-3-5-11(12)17-14(15(19)21)18-8-7-16-10-18/h3-8,10H,2,9H2,1H3. The van der Waals surface area contributed by atoms with Crippen LogP contribution in [0.1, 0.15) is 6.92 Å². The smallest absolute Gasteiger partial charge is 0.326 e. The largest absolute Gasteiger partial charge is 0.465 e. The molecular formula is C15H14N4O3. The van der Waals surface area contributed by atoms with Gasteiger partial charge in [0.05, 0.1) is 17.6 Å². The van der Waals surface area contributed by atoms with Gasteiger partial charge in [0.15, 0.2) is 0 Å². The molecule has 0 radical (unpaired) electrons. The van der Waals surface area contributed by atoms with Crippen LogP contribution in [-0.4, -0.2) is 31.7 Å². The molecule has 0 unspecified atom stereocenters. The highest BCUT2D eigenvalue weighted by atomic mass is 16.5. The topological polar surface area (TPSA) is 79.0 Å². The minimum Gasteiger partial charge on any atom is -0.465 e. The third-order valence-electron chi connectivity index (χ3n) is 3.18. The Morgan fingerprint density at radius 2 is 2.14 bits per heavy atom. The molecule has 112 valence electrons. The average Bonchev–Trinajstić information content (AvgIpc) is 3.04. The molecule has 7 nitrogen and oxygen atoms in total. The van der Waals surface area contributed by atoms with Gasteiger partial charge in [-0.15, -0.1) is 0 Å². The molecule has 0 saturated carbocycles. The van der Waals surface area contributed by atoms with E-state index in [0.717, 1.165) is 0 Å². The lowest BCUT2D eigenvalue weighted by atomic mass is 10.3. The van der Waals surface area contributed by atoms with Crippen molar-refractivity contribution in [2.75, 3.05) is 6.61 Å². The molecule has 0 aliphatic carbocycles. The van der Waals surface area contributed by atoms with E-state index in [-0.39, 0.29) is 24.5 Å². The van der Waals surface area contributed by atoms with E-state index in [1.807, 2.05) is 6.07 Å². The molecule has 0 aliphatic rings. The van der Waals surface area contributed by atoms with Crippen LogP contribution in [0.5, 0.6) is 0 Å². The highest BCUT2D eigenvalue weighted by Crippen LogP contribution is 2.11. The van der Waals surface area contributed by atoms with Crippen molar-refractivity contribution >= 4 is 17.0 Å². The van der Waals surface area contributed by atoms with E-state index >= 15 is 0 Å². The summed E-state index contributed by atoms with van der Waals surface area (Å²) in [6.45, 7) is 1.84. The highest BCUT2D eigenvalue weighted by molar-refractivity contribution is 5.78. The Labute approximate surface area is 125 Å².